The van der Waals surface area contributed by atoms with Gasteiger partial charge in [-0.25, -0.2) is 9.37 Å². The molecule has 0 saturated heterocycles. The van der Waals surface area contributed by atoms with Crippen LogP contribution in [-0.2, 0) is 13.0 Å². The van der Waals surface area contributed by atoms with E-state index in [0.29, 0.717) is 13.0 Å². The van der Waals surface area contributed by atoms with Gasteiger partial charge in [-0.1, -0.05) is 18.2 Å². The van der Waals surface area contributed by atoms with E-state index in [1.165, 1.54) is 6.07 Å². The van der Waals surface area contributed by atoms with Crippen molar-refractivity contribution in [1.82, 2.24) is 15.3 Å². The maximum atomic E-state index is 13.2. The van der Waals surface area contributed by atoms with Crippen LogP contribution in [0, 0.1) is 5.82 Å². The SMILES string of the molecule is Fc1ccccc1CCNCc1ncc[nH]1. The van der Waals surface area contributed by atoms with Crippen LogP contribution in [0.3, 0.4) is 0 Å². The molecule has 0 unspecified atom stereocenters. The molecular weight excluding hydrogens is 205 g/mol. The highest BCUT2D eigenvalue weighted by Gasteiger charge is 2.00. The van der Waals surface area contributed by atoms with E-state index in [0.717, 1.165) is 17.9 Å². The summed E-state index contributed by atoms with van der Waals surface area (Å²) in [6, 6.07) is 6.85. The number of nitrogens with zero attached hydrogens (tertiary/aromatic N) is 1. The van der Waals surface area contributed by atoms with Gasteiger partial charge in [-0.15, -0.1) is 0 Å². The molecule has 3 nitrogen and oxygen atoms in total. The van der Waals surface area contributed by atoms with Crippen molar-refractivity contribution in [2.75, 3.05) is 6.54 Å². The summed E-state index contributed by atoms with van der Waals surface area (Å²) in [5.41, 5.74) is 0.745. The van der Waals surface area contributed by atoms with Crippen molar-refractivity contribution < 1.29 is 4.39 Å². The van der Waals surface area contributed by atoms with Gasteiger partial charge in [-0.2, -0.15) is 0 Å². The first-order valence-corrected chi connectivity index (χ1v) is 5.28. The van der Waals surface area contributed by atoms with E-state index < -0.39 is 0 Å². The molecule has 0 atom stereocenters. The van der Waals surface area contributed by atoms with Crippen molar-refractivity contribution in [2.24, 2.45) is 0 Å². The molecule has 0 aliphatic rings. The van der Waals surface area contributed by atoms with Gasteiger partial charge in [0.25, 0.3) is 0 Å². The summed E-state index contributed by atoms with van der Waals surface area (Å²) in [5, 5.41) is 3.20. The Balaban J connectivity index is 1.74. The normalized spacial score (nSPS) is 10.6. The summed E-state index contributed by atoms with van der Waals surface area (Å²) in [4.78, 5) is 7.09. The number of hydrogen-bond donors (Lipinski definition) is 2. The summed E-state index contributed by atoms with van der Waals surface area (Å²) in [7, 11) is 0. The van der Waals surface area contributed by atoms with Crippen LogP contribution in [0.5, 0.6) is 0 Å². The molecule has 84 valence electrons. The first kappa shape index (κ1) is 10.8. The Labute approximate surface area is 93.7 Å². The minimum Gasteiger partial charge on any atom is -0.348 e. The van der Waals surface area contributed by atoms with E-state index in [4.69, 9.17) is 0 Å². The Bertz CT molecular complexity index is 426. The van der Waals surface area contributed by atoms with E-state index in [1.54, 1.807) is 18.5 Å². The highest BCUT2D eigenvalue weighted by Crippen LogP contribution is 2.06. The number of aromatic nitrogens is 2. The molecule has 1 aromatic heterocycles. The number of nitrogens with one attached hydrogen (secondary N) is 2. The summed E-state index contributed by atoms with van der Waals surface area (Å²) in [5.74, 6) is 0.760. The van der Waals surface area contributed by atoms with Gasteiger partial charge in [0.2, 0.25) is 0 Å². The Morgan fingerprint density at radius 1 is 1.31 bits per heavy atom. The highest BCUT2D eigenvalue weighted by atomic mass is 19.1. The van der Waals surface area contributed by atoms with Crippen LogP contribution >= 0.6 is 0 Å². The van der Waals surface area contributed by atoms with E-state index in [9.17, 15) is 4.39 Å². The minimum atomic E-state index is -0.137. The van der Waals surface area contributed by atoms with Crippen LogP contribution in [0.1, 0.15) is 11.4 Å². The molecule has 0 spiro atoms. The highest BCUT2D eigenvalue weighted by molar-refractivity contribution is 5.17. The van der Waals surface area contributed by atoms with Crippen LogP contribution in [0.15, 0.2) is 36.7 Å². The number of halogens is 1. The predicted octanol–water partition coefficient (Wildman–Crippen LogP) is 1.88. The van der Waals surface area contributed by atoms with Gasteiger partial charge in [-0.05, 0) is 24.6 Å². The lowest BCUT2D eigenvalue weighted by atomic mass is 10.1. The molecule has 0 fully saturated rings. The smallest absolute Gasteiger partial charge is 0.126 e. The molecule has 0 saturated carbocycles. The van der Waals surface area contributed by atoms with Crippen LogP contribution in [-0.4, -0.2) is 16.5 Å². The lowest BCUT2D eigenvalue weighted by molar-refractivity contribution is 0.595. The van der Waals surface area contributed by atoms with Gasteiger partial charge in [0.1, 0.15) is 11.6 Å². The zero-order chi connectivity index (χ0) is 11.2. The molecule has 4 heteroatoms. The zero-order valence-electron chi connectivity index (χ0n) is 8.91. The predicted molar refractivity (Wildman–Crippen MR) is 60.4 cm³/mol. The van der Waals surface area contributed by atoms with Crippen molar-refractivity contribution in [3.63, 3.8) is 0 Å². The molecule has 0 aliphatic carbocycles. The quantitative estimate of drug-likeness (QED) is 0.754. The fourth-order valence-electron chi connectivity index (χ4n) is 1.53. The zero-order valence-corrected chi connectivity index (χ0v) is 8.91. The first-order chi connectivity index (χ1) is 7.86. The average molecular weight is 219 g/mol. The molecule has 1 aromatic carbocycles. The molecule has 1 heterocycles. The second-order valence-electron chi connectivity index (χ2n) is 3.55. The van der Waals surface area contributed by atoms with Gasteiger partial charge >= 0.3 is 0 Å². The molecule has 2 rings (SSSR count). The number of benzene rings is 1. The Hall–Kier alpha value is -1.68. The van der Waals surface area contributed by atoms with Crippen molar-refractivity contribution in [3.8, 4) is 0 Å². The summed E-state index contributed by atoms with van der Waals surface area (Å²) >= 11 is 0. The monoisotopic (exact) mass is 219 g/mol. The van der Waals surface area contributed by atoms with Crippen molar-refractivity contribution >= 4 is 0 Å². The Morgan fingerprint density at radius 3 is 2.94 bits per heavy atom. The fourth-order valence-corrected chi connectivity index (χ4v) is 1.53. The van der Waals surface area contributed by atoms with Crippen LogP contribution in [0.2, 0.25) is 0 Å². The number of imidazole rings is 1. The third-order valence-corrected chi connectivity index (χ3v) is 2.38. The maximum Gasteiger partial charge on any atom is 0.126 e. The van der Waals surface area contributed by atoms with Crippen molar-refractivity contribution in [3.05, 3.63) is 53.9 Å². The third kappa shape index (κ3) is 2.90. The van der Waals surface area contributed by atoms with Gasteiger partial charge < -0.3 is 10.3 Å². The molecule has 2 aromatic rings. The minimum absolute atomic E-state index is 0.137. The number of rotatable bonds is 5. The number of aromatic amines is 1. The molecule has 0 bridgehead atoms. The van der Waals surface area contributed by atoms with Crippen LogP contribution in [0.4, 0.5) is 4.39 Å². The molecule has 0 radical (unpaired) electrons. The lowest BCUT2D eigenvalue weighted by Crippen LogP contribution is -2.17. The molecule has 2 N–H and O–H groups in total. The Kier molecular flexibility index (Phi) is 3.66. The van der Waals surface area contributed by atoms with E-state index >= 15 is 0 Å². The lowest BCUT2D eigenvalue weighted by Gasteiger charge is -2.04. The fraction of sp³-hybridized carbons (Fsp3) is 0.250. The molecular formula is C12H14FN3. The standard InChI is InChI=1S/C12H14FN3/c13-11-4-2-1-3-10(11)5-6-14-9-12-15-7-8-16-12/h1-4,7-8,14H,5-6,9H2,(H,15,16). The molecule has 16 heavy (non-hydrogen) atoms. The third-order valence-electron chi connectivity index (χ3n) is 2.38. The van der Waals surface area contributed by atoms with Crippen molar-refractivity contribution in [2.45, 2.75) is 13.0 Å². The second-order valence-corrected chi connectivity index (χ2v) is 3.55. The number of H-pyrrole nitrogens is 1. The van der Waals surface area contributed by atoms with Crippen LogP contribution in [0.25, 0.3) is 0 Å². The van der Waals surface area contributed by atoms with Gasteiger partial charge in [0, 0.05) is 12.4 Å². The number of hydrogen-bond acceptors (Lipinski definition) is 2. The summed E-state index contributed by atoms with van der Waals surface area (Å²) in [6.07, 6.45) is 4.19. The van der Waals surface area contributed by atoms with Gasteiger partial charge in [-0.3, -0.25) is 0 Å². The topological polar surface area (TPSA) is 40.7 Å². The van der Waals surface area contributed by atoms with E-state index in [1.807, 2.05) is 12.1 Å². The first-order valence-electron chi connectivity index (χ1n) is 5.28. The summed E-state index contributed by atoms with van der Waals surface area (Å²) < 4.78 is 13.2. The summed E-state index contributed by atoms with van der Waals surface area (Å²) in [6.45, 7) is 1.42. The van der Waals surface area contributed by atoms with Crippen molar-refractivity contribution in [1.29, 1.82) is 0 Å². The molecule has 0 amide bonds. The van der Waals surface area contributed by atoms with E-state index in [-0.39, 0.29) is 5.82 Å². The maximum absolute atomic E-state index is 13.2. The second kappa shape index (κ2) is 5.42. The van der Waals surface area contributed by atoms with E-state index in [2.05, 4.69) is 15.3 Å². The van der Waals surface area contributed by atoms with Gasteiger partial charge in [0.15, 0.2) is 0 Å². The molecule has 0 aliphatic heterocycles. The average Bonchev–Trinajstić information content (AvgIpc) is 2.79. The Morgan fingerprint density at radius 2 is 2.19 bits per heavy atom. The van der Waals surface area contributed by atoms with Crippen LogP contribution < -0.4 is 5.32 Å². The largest absolute Gasteiger partial charge is 0.348 e. The van der Waals surface area contributed by atoms with Gasteiger partial charge in [0.05, 0.1) is 6.54 Å².